The van der Waals surface area contributed by atoms with Crippen molar-refractivity contribution < 1.29 is 4.79 Å². The van der Waals surface area contributed by atoms with Gasteiger partial charge in [-0.25, -0.2) is 0 Å². The first-order chi connectivity index (χ1) is 9.53. The van der Waals surface area contributed by atoms with Gasteiger partial charge in [-0.05, 0) is 48.8 Å². The maximum Gasteiger partial charge on any atom is 0.233 e. The van der Waals surface area contributed by atoms with Crippen LogP contribution in [0.4, 0.5) is 0 Å². The smallest absolute Gasteiger partial charge is 0.233 e. The van der Waals surface area contributed by atoms with Crippen LogP contribution in [0.5, 0.6) is 0 Å². The summed E-state index contributed by atoms with van der Waals surface area (Å²) in [6, 6.07) is 7.82. The molecule has 20 heavy (non-hydrogen) atoms. The minimum absolute atomic E-state index is 0.240. The second-order valence-electron chi connectivity index (χ2n) is 6.63. The summed E-state index contributed by atoms with van der Waals surface area (Å²) >= 11 is 5.95. The Kier molecular flexibility index (Phi) is 3.53. The topological polar surface area (TPSA) is 20.3 Å². The lowest BCUT2D eigenvalue weighted by Gasteiger charge is -2.24. The molecule has 2 nitrogen and oxygen atoms in total. The Labute approximate surface area is 126 Å². The van der Waals surface area contributed by atoms with Gasteiger partial charge in [0.2, 0.25) is 5.91 Å². The van der Waals surface area contributed by atoms with Gasteiger partial charge in [-0.1, -0.05) is 37.6 Å². The molecule has 108 valence electrons. The molecule has 1 aromatic rings. The molecule has 3 rings (SSSR count). The lowest BCUT2D eigenvalue weighted by molar-refractivity contribution is -0.133. The third-order valence-corrected chi connectivity index (χ3v) is 5.26. The Hall–Kier alpha value is -1.02. The molecule has 1 aliphatic heterocycles. The first-order valence-corrected chi connectivity index (χ1v) is 7.96. The van der Waals surface area contributed by atoms with Crippen molar-refractivity contribution in [3.63, 3.8) is 0 Å². The maximum absolute atomic E-state index is 12.9. The summed E-state index contributed by atoms with van der Waals surface area (Å²) in [4.78, 5) is 15.0. The van der Waals surface area contributed by atoms with Gasteiger partial charge in [0.1, 0.15) is 0 Å². The van der Waals surface area contributed by atoms with Crippen LogP contribution in [0.3, 0.4) is 0 Å². The number of halogens is 1. The van der Waals surface area contributed by atoms with E-state index in [1.807, 2.05) is 24.3 Å². The van der Waals surface area contributed by atoms with Gasteiger partial charge in [0, 0.05) is 18.1 Å². The van der Waals surface area contributed by atoms with Gasteiger partial charge in [-0.15, -0.1) is 0 Å². The van der Waals surface area contributed by atoms with E-state index in [0.717, 1.165) is 42.9 Å². The molecular formula is C17H22ClNO. The van der Waals surface area contributed by atoms with Crippen LogP contribution in [0, 0.1) is 11.8 Å². The predicted octanol–water partition coefficient (Wildman–Crippen LogP) is 3.88. The van der Waals surface area contributed by atoms with Crippen molar-refractivity contribution in [3.8, 4) is 0 Å². The number of hydrogen-bond acceptors (Lipinski definition) is 1. The fourth-order valence-corrected chi connectivity index (χ4v) is 3.46. The quantitative estimate of drug-likeness (QED) is 0.828. The molecule has 1 aromatic carbocycles. The van der Waals surface area contributed by atoms with Gasteiger partial charge < -0.3 is 4.90 Å². The average Bonchev–Trinajstić information content (AvgIpc) is 3.08. The Morgan fingerprint density at radius 1 is 1.30 bits per heavy atom. The van der Waals surface area contributed by atoms with E-state index in [2.05, 4.69) is 18.7 Å². The summed E-state index contributed by atoms with van der Waals surface area (Å²) in [5.74, 6) is 1.67. The standard InChI is InChI=1S/C17H22ClNO/c1-12(2)13-7-10-19(11-13)16(20)17(8-9-17)14-3-5-15(18)6-4-14/h3-6,12-13H,7-11H2,1-2H3. The van der Waals surface area contributed by atoms with Crippen molar-refractivity contribution in [1.29, 1.82) is 0 Å². The van der Waals surface area contributed by atoms with E-state index in [4.69, 9.17) is 11.6 Å². The van der Waals surface area contributed by atoms with Gasteiger partial charge in [0.15, 0.2) is 0 Å². The molecule has 1 heterocycles. The molecule has 0 N–H and O–H groups in total. The first-order valence-electron chi connectivity index (χ1n) is 7.58. The van der Waals surface area contributed by atoms with E-state index >= 15 is 0 Å². The number of hydrogen-bond donors (Lipinski definition) is 0. The second kappa shape index (κ2) is 5.07. The third-order valence-electron chi connectivity index (χ3n) is 5.01. The largest absolute Gasteiger partial charge is 0.342 e. The zero-order chi connectivity index (χ0) is 14.3. The van der Waals surface area contributed by atoms with E-state index in [-0.39, 0.29) is 5.41 Å². The molecule has 2 aliphatic rings. The highest BCUT2D eigenvalue weighted by atomic mass is 35.5. The fourth-order valence-electron chi connectivity index (χ4n) is 3.34. The lowest BCUT2D eigenvalue weighted by Crippen LogP contribution is -2.38. The van der Waals surface area contributed by atoms with Crippen molar-refractivity contribution in [1.82, 2.24) is 4.90 Å². The molecule has 1 aliphatic carbocycles. The first kappa shape index (κ1) is 13.9. The molecule has 1 atom stereocenters. The van der Waals surface area contributed by atoms with Gasteiger partial charge in [0.25, 0.3) is 0 Å². The predicted molar refractivity (Wildman–Crippen MR) is 81.9 cm³/mol. The molecule has 1 saturated carbocycles. The summed E-state index contributed by atoms with van der Waals surface area (Å²) < 4.78 is 0. The van der Waals surface area contributed by atoms with Crippen LogP contribution < -0.4 is 0 Å². The van der Waals surface area contributed by atoms with E-state index < -0.39 is 0 Å². The molecular weight excluding hydrogens is 270 g/mol. The van der Waals surface area contributed by atoms with Crippen molar-refractivity contribution in [2.24, 2.45) is 11.8 Å². The molecule has 1 saturated heterocycles. The van der Waals surface area contributed by atoms with Crippen LogP contribution in [0.2, 0.25) is 5.02 Å². The number of benzene rings is 1. The van der Waals surface area contributed by atoms with Crippen molar-refractivity contribution in [2.75, 3.05) is 13.1 Å². The van der Waals surface area contributed by atoms with Crippen LogP contribution >= 0.6 is 11.6 Å². The zero-order valence-corrected chi connectivity index (χ0v) is 13.0. The number of rotatable bonds is 3. The summed E-state index contributed by atoms with van der Waals surface area (Å²) in [6.07, 6.45) is 3.12. The fraction of sp³-hybridized carbons (Fsp3) is 0.588. The SMILES string of the molecule is CC(C)C1CCN(C(=O)C2(c3ccc(Cl)cc3)CC2)C1. The summed E-state index contributed by atoms with van der Waals surface area (Å²) in [5.41, 5.74) is 0.899. The lowest BCUT2D eigenvalue weighted by atomic mass is 9.94. The molecule has 2 fully saturated rings. The molecule has 0 aromatic heterocycles. The van der Waals surface area contributed by atoms with Gasteiger partial charge >= 0.3 is 0 Å². The molecule has 0 radical (unpaired) electrons. The van der Waals surface area contributed by atoms with Crippen molar-refractivity contribution >= 4 is 17.5 Å². The average molecular weight is 292 g/mol. The number of carbonyl (C=O) groups excluding carboxylic acids is 1. The number of nitrogens with zero attached hydrogens (tertiary/aromatic N) is 1. The normalized spacial score (nSPS) is 24.2. The molecule has 1 amide bonds. The van der Waals surface area contributed by atoms with Crippen molar-refractivity contribution in [3.05, 3.63) is 34.9 Å². The van der Waals surface area contributed by atoms with E-state index in [1.165, 1.54) is 0 Å². The summed E-state index contributed by atoms with van der Waals surface area (Å²) in [5, 5.41) is 0.734. The Morgan fingerprint density at radius 2 is 1.95 bits per heavy atom. The molecule has 3 heteroatoms. The van der Waals surface area contributed by atoms with Crippen LogP contribution in [0.25, 0.3) is 0 Å². The van der Waals surface area contributed by atoms with Crippen LogP contribution in [0.15, 0.2) is 24.3 Å². The summed E-state index contributed by atoms with van der Waals surface area (Å²) in [6.45, 7) is 6.37. The highest BCUT2D eigenvalue weighted by Crippen LogP contribution is 2.50. The Morgan fingerprint density at radius 3 is 2.45 bits per heavy atom. The van der Waals surface area contributed by atoms with Gasteiger partial charge in [-0.2, -0.15) is 0 Å². The van der Waals surface area contributed by atoms with E-state index in [1.54, 1.807) is 0 Å². The van der Waals surface area contributed by atoms with Crippen LogP contribution in [-0.2, 0) is 10.2 Å². The highest BCUT2D eigenvalue weighted by Gasteiger charge is 2.53. The second-order valence-corrected chi connectivity index (χ2v) is 7.07. The van der Waals surface area contributed by atoms with Crippen LogP contribution in [0.1, 0.15) is 38.7 Å². The van der Waals surface area contributed by atoms with Crippen LogP contribution in [-0.4, -0.2) is 23.9 Å². The maximum atomic E-state index is 12.9. The number of carbonyl (C=O) groups is 1. The third kappa shape index (κ3) is 2.35. The van der Waals surface area contributed by atoms with E-state index in [9.17, 15) is 4.79 Å². The van der Waals surface area contributed by atoms with E-state index in [0.29, 0.717) is 17.7 Å². The minimum Gasteiger partial charge on any atom is -0.342 e. The number of likely N-dealkylation sites (tertiary alicyclic amines) is 1. The molecule has 0 spiro atoms. The summed E-state index contributed by atoms with van der Waals surface area (Å²) in [7, 11) is 0. The number of amides is 1. The highest BCUT2D eigenvalue weighted by molar-refractivity contribution is 6.30. The van der Waals surface area contributed by atoms with Gasteiger partial charge in [-0.3, -0.25) is 4.79 Å². The molecule has 0 bridgehead atoms. The Bertz CT molecular complexity index is 504. The monoisotopic (exact) mass is 291 g/mol. The Balaban J connectivity index is 1.76. The molecule has 1 unspecified atom stereocenters. The van der Waals surface area contributed by atoms with Crippen molar-refractivity contribution in [2.45, 2.75) is 38.5 Å². The van der Waals surface area contributed by atoms with Gasteiger partial charge in [0.05, 0.1) is 5.41 Å². The minimum atomic E-state index is -0.240. The zero-order valence-electron chi connectivity index (χ0n) is 12.2.